The molecule has 0 aliphatic carbocycles. The molecule has 1 rings (SSSR count). The van der Waals surface area contributed by atoms with E-state index >= 15 is 0 Å². The normalized spacial score (nSPS) is 10.1. The highest BCUT2D eigenvalue weighted by atomic mass is 127. The third-order valence-corrected chi connectivity index (χ3v) is 2.36. The molecule has 0 unspecified atom stereocenters. The summed E-state index contributed by atoms with van der Waals surface area (Å²) in [6, 6.07) is 6.28. The highest BCUT2D eigenvalue weighted by Crippen LogP contribution is 2.12. The minimum atomic E-state index is 0.238. The number of aliphatic hydroxyl groups excluding tert-OH is 1. The predicted octanol–water partition coefficient (Wildman–Crippen LogP) is 2.13. The number of hydrogen-bond donors (Lipinski definition) is 1. The Morgan fingerprint density at radius 1 is 1.45 bits per heavy atom. The fraction of sp³-hybridized carbons (Fsp3) is 0.333. The summed E-state index contributed by atoms with van der Waals surface area (Å²) >= 11 is 2.29. The van der Waals surface area contributed by atoms with Crippen LogP contribution in [0.15, 0.2) is 18.2 Å². The molecule has 0 heterocycles. The quantitative estimate of drug-likeness (QED) is 0.809. The molecule has 0 radical (unpaired) electrons. The molecule has 0 atom stereocenters. The van der Waals surface area contributed by atoms with Crippen molar-refractivity contribution in [1.82, 2.24) is 0 Å². The van der Waals surface area contributed by atoms with E-state index in [-0.39, 0.29) is 6.61 Å². The second kappa shape index (κ2) is 4.07. The number of aliphatic hydroxyl groups is 1. The van der Waals surface area contributed by atoms with Crippen LogP contribution >= 0.6 is 22.6 Å². The minimum absolute atomic E-state index is 0.238. The fourth-order valence-corrected chi connectivity index (χ4v) is 1.71. The standard InChI is InChI=1S/C9H11IO/c1-7-6-9(10)3-2-8(7)4-5-11/h2-3,6,11H,4-5H2,1H3. The van der Waals surface area contributed by atoms with Crippen molar-refractivity contribution in [2.24, 2.45) is 0 Å². The van der Waals surface area contributed by atoms with Crippen LogP contribution in [0.25, 0.3) is 0 Å². The maximum absolute atomic E-state index is 8.71. The molecule has 11 heavy (non-hydrogen) atoms. The topological polar surface area (TPSA) is 20.2 Å². The van der Waals surface area contributed by atoms with Gasteiger partial charge in [0.2, 0.25) is 0 Å². The molecular formula is C9H11IO. The van der Waals surface area contributed by atoms with Crippen molar-refractivity contribution in [2.75, 3.05) is 6.61 Å². The summed E-state index contributed by atoms with van der Waals surface area (Å²) in [5.74, 6) is 0. The van der Waals surface area contributed by atoms with Crippen LogP contribution in [0, 0.1) is 10.5 Å². The number of hydrogen-bond acceptors (Lipinski definition) is 1. The molecule has 0 bridgehead atoms. The van der Waals surface area contributed by atoms with Gasteiger partial charge in [0.25, 0.3) is 0 Å². The average molecular weight is 262 g/mol. The van der Waals surface area contributed by atoms with Crippen molar-refractivity contribution in [3.63, 3.8) is 0 Å². The van der Waals surface area contributed by atoms with Gasteiger partial charge < -0.3 is 5.11 Å². The average Bonchev–Trinajstić information content (AvgIpc) is 1.95. The SMILES string of the molecule is Cc1cc(I)ccc1CCO. The Kier molecular flexibility index (Phi) is 3.33. The lowest BCUT2D eigenvalue weighted by molar-refractivity contribution is 0.299. The Morgan fingerprint density at radius 3 is 2.73 bits per heavy atom. The third kappa shape index (κ3) is 2.45. The zero-order chi connectivity index (χ0) is 8.27. The van der Waals surface area contributed by atoms with E-state index in [1.165, 1.54) is 14.7 Å². The van der Waals surface area contributed by atoms with Gasteiger partial charge in [0.1, 0.15) is 0 Å². The summed E-state index contributed by atoms with van der Waals surface area (Å²) in [6.07, 6.45) is 0.767. The van der Waals surface area contributed by atoms with Gasteiger partial charge in [0.15, 0.2) is 0 Å². The molecule has 60 valence electrons. The van der Waals surface area contributed by atoms with Gasteiger partial charge in [0, 0.05) is 10.2 Å². The minimum Gasteiger partial charge on any atom is -0.396 e. The Balaban J connectivity index is 2.90. The molecule has 0 saturated heterocycles. The molecule has 0 aliphatic heterocycles. The van der Waals surface area contributed by atoms with Crippen molar-refractivity contribution < 1.29 is 5.11 Å². The third-order valence-electron chi connectivity index (χ3n) is 1.69. The van der Waals surface area contributed by atoms with Crippen molar-refractivity contribution in [2.45, 2.75) is 13.3 Å². The van der Waals surface area contributed by atoms with Crippen molar-refractivity contribution in [3.05, 3.63) is 32.9 Å². The van der Waals surface area contributed by atoms with Gasteiger partial charge in [-0.1, -0.05) is 6.07 Å². The lowest BCUT2D eigenvalue weighted by Gasteiger charge is -2.03. The van der Waals surface area contributed by atoms with Crippen LogP contribution in [0.4, 0.5) is 0 Å². The van der Waals surface area contributed by atoms with Crippen LogP contribution in [-0.2, 0) is 6.42 Å². The number of benzene rings is 1. The molecule has 1 N–H and O–H groups in total. The highest BCUT2D eigenvalue weighted by Gasteiger charge is 1.96. The first-order chi connectivity index (χ1) is 5.24. The van der Waals surface area contributed by atoms with E-state index in [0.717, 1.165) is 6.42 Å². The summed E-state index contributed by atoms with van der Waals surface area (Å²) in [5, 5.41) is 8.71. The largest absolute Gasteiger partial charge is 0.396 e. The van der Waals surface area contributed by atoms with Crippen LogP contribution in [0.5, 0.6) is 0 Å². The Morgan fingerprint density at radius 2 is 2.18 bits per heavy atom. The maximum atomic E-state index is 8.71. The highest BCUT2D eigenvalue weighted by molar-refractivity contribution is 14.1. The van der Waals surface area contributed by atoms with Gasteiger partial charge in [0.05, 0.1) is 0 Å². The zero-order valence-corrected chi connectivity index (χ0v) is 8.63. The first-order valence-corrected chi connectivity index (χ1v) is 4.68. The molecule has 0 amide bonds. The second-order valence-corrected chi connectivity index (χ2v) is 3.79. The predicted molar refractivity (Wildman–Crippen MR) is 54.7 cm³/mol. The molecule has 0 aromatic heterocycles. The molecular weight excluding hydrogens is 251 g/mol. The number of halogens is 1. The van der Waals surface area contributed by atoms with Crippen molar-refractivity contribution in [1.29, 1.82) is 0 Å². The molecule has 0 saturated carbocycles. The smallest absolute Gasteiger partial charge is 0.0471 e. The zero-order valence-electron chi connectivity index (χ0n) is 6.47. The van der Waals surface area contributed by atoms with E-state index in [4.69, 9.17) is 5.11 Å². The van der Waals surface area contributed by atoms with Crippen LogP contribution in [0.3, 0.4) is 0 Å². The molecule has 2 heteroatoms. The molecule has 0 fully saturated rings. The lowest BCUT2D eigenvalue weighted by atomic mass is 10.1. The second-order valence-electron chi connectivity index (χ2n) is 2.54. The van der Waals surface area contributed by atoms with E-state index in [9.17, 15) is 0 Å². The Hall–Kier alpha value is -0.0900. The lowest BCUT2D eigenvalue weighted by Crippen LogP contribution is -1.93. The van der Waals surface area contributed by atoms with E-state index < -0.39 is 0 Å². The van der Waals surface area contributed by atoms with Gasteiger partial charge in [-0.05, 0) is 59.2 Å². The summed E-state index contributed by atoms with van der Waals surface area (Å²) in [7, 11) is 0. The van der Waals surface area contributed by atoms with Gasteiger partial charge >= 0.3 is 0 Å². The summed E-state index contributed by atoms with van der Waals surface area (Å²) in [4.78, 5) is 0. The molecule has 1 nitrogen and oxygen atoms in total. The van der Waals surface area contributed by atoms with Gasteiger partial charge in [-0.3, -0.25) is 0 Å². The maximum Gasteiger partial charge on any atom is 0.0471 e. The van der Waals surface area contributed by atoms with Gasteiger partial charge in [-0.15, -0.1) is 0 Å². The summed E-state index contributed by atoms with van der Waals surface area (Å²) in [5.41, 5.74) is 2.51. The van der Waals surface area contributed by atoms with E-state index in [1.807, 2.05) is 0 Å². The molecule has 1 aromatic carbocycles. The van der Waals surface area contributed by atoms with E-state index in [2.05, 4.69) is 47.7 Å². The number of rotatable bonds is 2. The molecule has 0 aliphatic rings. The van der Waals surface area contributed by atoms with Crippen LogP contribution in [-0.4, -0.2) is 11.7 Å². The van der Waals surface area contributed by atoms with Crippen LogP contribution < -0.4 is 0 Å². The molecule has 0 spiro atoms. The Bertz CT molecular complexity index is 245. The van der Waals surface area contributed by atoms with Gasteiger partial charge in [-0.2, -0.15) is 0 Å². The van der Waals surface area contributed by atoms with E-state index in [1.54, 1.807) is 0 Å². The monoisotopic (exact) mass is 262 g/mol. The van der Waals surface area contributed by atoms with Gasteiger partial charge in [-0.25, -0.2) is 0 Å². The van der Waals surface area contributed by atoms with Crippen LogP contribution in [0.1, 0.15) is 11.1 Å². The molecule has 1 aromatic rings. The summed E-state index contributed by atoms with van der Waals surface area (Å²) in [6.45, 7) is 2.31. The number of aryl methyl sites for hydroxylation is 1. The first-order valence-electron chi connectivity index (χ1n) is 3.60. The summed E-state index contributed by atoms with van der Waals surface area (Å²) < 4.78 is 1.25. The Labute approximate surface area is 80.6 Å². The first kappa shape index (κ1) is 9.00. The van der Waals surface area contributed by atoms with Crippen molar-refractivity contribution in [3.8, 4) is 0 Å². The van der Waals surface area contributed by atoms with E-state index in [0.29, 0.717) is 0 Å². The van der Waals surface area contributed by atoms with Crippen molar-refractivity contribution >= 4 is 22.6 Å². The van der Waals surface area contributed by atoms with Crippen LogP contribution in [0.2, 0.25) is 0 Å². The fourth-order valence-electron chi connectivity index (χ4n) is 1.06.